The van der Waals surface area contributed by atoms with E-state index in [1.807, 2.05) is 19.1 Å². The van der Waals surface area contributed by atoms with Gasteiger partial charge in [-0.25, -0.2) is 0 Å². The van der Waals surface area contributed by atoms with Crippen molar-refractivity contribution in [2.75, 3.05) is 5.32 Å². The summed E-state index contributed by atoms with van der Waals surface area (Å²) >= 11 is 5.93. The normalized spacial score (nSPS) is 10.3. The summed E-state index contributed by atoms with van der Waals surface area (Å²) in [5, 5.41) is 6.18. The fourth-order valence-corrected chi connectivity index (χ4v) is 2.66. The van der Waals surface area contributed by atoms with Crippen LogP contribution in [0.5, 0.6) is 0 Å². The van der Waals surface area contributed by atoms with Crippen LogP contribution in [0.2, 0.25) is 5.02 Å². The molecule has 0 radical (unpaired) electrons. The topological polar surface area (TPSA) is 84.0 Å². The van der Waals surface area contributed by atoms with E-state index in [2.05, 4.69) is 20.6 Å². The highest BCUT2D eigenvalue weighted by atomic mass is 35.5. The Morgan fingerprint density at radius 1 is 1.00 bits per heavy atom. The average Bonchev–Trinajstić information content (AvgIpc) is 2.69. The molecule has 0 aliphatic carbocycles. The maximum absolute atomic E-state index is 12.5. The van der Waals surface area contributed by atoms with Gasteiger partial charge in [-0.2, -0.15) is 0 Å². The SMILES string of the molecule is Cc1cc(Cl)ccc1NC(=O)c1cc(C(=O)NCc2ccncc2)ccn1. The van der Waals surface area contributed by atoms with E-state index in [0.29, 0.717) is 22.8 Å². The lowest BCUT2D eigenvalue weighted by molar-refractivity contribution is 0.0950. The summed E-state index contributed by atoms with van der Waals surface area (Å²) < 4.78 is 0. The predicted molar refractivity (Wildman–Crippen MR) is 104 cm³/mol. The Bertz CT molecular complexity index is 977. The Morgan fingerprint density at radius 2 is 1.78 bits per heavy atom. The van der Waals surface area contributed by atoms with Crippen LogP contribution in [0.15, 0.2) is 61.1 Å². The molecule has 2 aromatic heterocycles. The van der Waals surface area contributed by atoms with Gasteiger partial charge >= 0.3 is 0 Å². The zero-order chi connectivity index (χ0) is 19.2. The van der Waals surface area contributed by atoms with Gasteiger partial charge in [0.15, 0.2) is 0 Å². The molecule has 136 valence electrons. The number of nitrogens with one attached hydrogen (secondary N) is 2. The van der Waals surface area contributed by atoms with Crippen molar-refractivity contribution < 1.29 is 9.59 Å². The molecule has 6 nitrogen and oxygen atoms in total. The lowest BCUT2D eigenvalue weighted by Gasteiger charge is -2.09. The number of carbonyl (C=O) groups excluding carboxylic acids is 2. The number of aromatic nitrogens is 2. The molecule has 0 spiro atoms. The van der Waals surface area contributed by atoms with Gasteiger partial charge in [0.25, 0.3) is 11.8 Å². The van der Waals surface area contributed by atoms with Crippen LogP contribution in [0.25, 0.3) is 0 Å². The van der Waals surface area contributed by atoms with E-state index < -0.39 is 5.91 Å². The quantitative estimate of drug-likeness (QED) is 0.708. The zero-order valence-corrected chi connectivity index (χ0v) is 15.3. The van der Waals surface area contributed by atoms with Crippen molar-refractivity contribution in [2.24, 2.45) is 0 Å². The molecule has 2 heterocycles. The molecule has 0 atom stereocenters. The second-order valence-corrected chi connectivity index (χ2v) is 6.32. The highest BCUT2D eigenvalue weighted by Gasteiger charge is 2.13. The van der Waals surface area contributed by atoms with Gasteiger partial charge in [-0.1, -0.05) is 11.6 Å². The molecule has 1 aromatic carbocycles. The average molecular weight is 381 g/mol. The van der Waals surface area contributed by atoms with E-state index in [0.717, 1.165) is 11.1 Å². The van der Waals surface area contributed by atoms with Gasteiger partial charge in [0.2, 0.25) is 0 Å². The lowest BCUT2D eigenvalue weighted by atomic mass is 10.1. The molecule has 0 saturated carbocycles. The third-order valence-corrected chi connectivity index (χ3v) is 4.13. The van der Waals surface area contributed by atoms with Crippen LogP contribution in [-0.2, 0) is 6.54 Å². The van der Waals surface area contributed by atoms with Crippen LogP contribution in [0.1, 0.15) is 32.0 Å². The number of benzene rings is 1. The number of hydrogen-bond acceptors (Lipinski definition) is 4. The third kappa shape index (κ3) is 4.89. The Balaban J connectivity index is 1.68. The summed E-state index contributed by atoms with van der Waals surface area (Å²) in [5.74, 6) is -0.685. The number of rotatable bonds is 5. The van der Waals surface area contributed by atoms with Crippen LogP contribution < -0.4 is 10.6 Å². The third-order valence-electron chi connectivity index (χ3n) is 3.89. The van der Waals surface area contributed by atoms with Gasteiger partial charge < -0.3 is 10.6 Å². The van der Waals surface area contributed by atoms with E-state index in [4.69, 9.17) is 11.6 Å². The van der Waals surface area contributed by atoms with Crippen LogP contribution in [0, 0.1) is 6.92 Å². The van der Waals surface area contributed by atoms with Crippen LogP contribution in [0.3, 0.4) is 0 Å². The minimum Gasteiger partial charge on any atom is -0.348 e. The molecule has 3 rings (SSSR count). The molecule has 0 unspecified atom stereocenters. The highest BCUT2D eigenvalue weighted by molar-refractivity contribution is 6.30. The second kappa shape index (κ2) is 8.42. The monoisotopic (exact) mass is 380 g/mol. The summed E-state index contributed by atoms with van der Waals surface area (Å²) in [6, 6.07) is 11.8. The van der Waals surface area contributed by atoms with E-state index in [1.165, 1.54) is 12.3 Å². The highest BCUT2D eigenvalue weighted by Crippen LogP contribution is 2.20. The largest absolute Gasteiger partial charge is 0.348 e. The Kier molecular flexibility index (Phi) is 5.78. The van der Waals surface area contributed by atoms with Crippen molar-refractivity contribution >= 4 is 29.1 Å². The fourth-order valence-electron chi connectivity index (χ4n) is 2.43. The van der Waals surface area contributed by atoms with Crippen molar-refractivity contribution in [3.63, 3.8) is 0 Å². The van der Waals surface area contributed by atoms with Gasteiger partial charge in [-0.3, -0.25) is 19.6 Å². The molecule has 2 N–H and O–H groups in total. The lowest BCUT2D eigenvalue weighted by Crippen LogP contribution is -2.23. The van der Waals surface area contributed by atoms with Crippen LogP contribution in [-0.4, -0.2) is 21.8 Å². The number of hydrogen-bond donors (Lipinski definition) is 2. The first-order valence-corrected chi connectivity index (χ1v) is 8.61. The number of pyridine rings is 2. The molecular formula is C20H17ClN4O2. The summed E-state index contributed by atoms with van der Waals surface area (Å²) in [4.78, 5) is 32.8. The van der Waals surface area contributed by atoms with Crippen molar-refractivity contribution in [1.29, 1.82) is 0 Å². The number of amides is 2. The molecule has 0 bridgehead atoms. The van der Waals surface area contributed by atoms with E-state index >= 15 is 0 Å². The molecule has 7 heteroatoms. The van der Waals surface area contributed by atoms with Gasteiger partial charge in [-0.15, -0.1) is 0 Å². The van der Waals surface area contributed by atoms with Crippen molar-refractivity contribution in [3.05, 3.63) is 88.5 Å². The molecule has 27 heavy (non-hydrogen) atoms. The number of aryl methyl sites for hydroxylation is 1. The van der Waals surface area contributed by atoms with E-state index in [9.17, 15) is 9.59 Å². The molecule has 0 saturated heterocycles. The van der Waals surface area contributed by atoms with Crippen LogP contribution >= 0.6 is 11.6 Å². The van der Waals surface area contributed by atoms with Gasteiger partial charge in [0.1, 0.15) is 5.69 Å². The summed E-state index contributed by atoms with van der Waals surface area (Å²) in [7, 11) is 0. The minimum absolute atomic E-state index is 0.154. The standard InChI is InChI=1S/C20H17ClN4O2/c1-13-10-16(21)2-3-17(13)25-20(27)18-11-15(6-9-23-18)19(26)24-12-14-4-7-22-8-5-14/h2-11H,12H2,1H3,(H,24,26)(H,25,27). The Hall–Kier alpha value is -3.25. The van der Waals surface area contributed by atoms with Gasteiger partial charge in [-0.05, 0) is 60.5 Å². The minimum atomic E-state index is -0.399. The first-order valence-electron chi connectivity index (χ1n) is 8.23. The number of nitrogens with zero attached hydrogens (tertiary/aromatic N) is 2. The molecule has 3 aromatic rings. The maximum Gasteiger partial charge on any atom is 0.274 e. The number of halogens is 1. The van der Waals surface area contributed by atoms with E-state index in [-0.39, 0.29) is 11.6 Å². The molecule has 2 amide bonds. The van der Waals surface area contributed by atoms with Crippen LogP contribution in [0.4, 0.5) is 5.69 Å². The number of carbonyl (C=O) groups is 2. The second-order valence-electron chi connectivity index (χ2n) is 5.88. The first kappa shape index (κ1) is 18.5. The Labute approximate surface area is 161 Å². The molecular weight excluding hydrogens is 364 g/mol. The predicted octanol–water partition coefficient (Wildman–Crippen LogP) is 3.62. The number of anilines is 1. The van der Waals surface area contributed by atoms with Gasteiger partial charge in [0.05, 0.1) is 0 Å². The molecule has 0 aliphatic rings. The Morgan fingerprint density at radius 3 is 2.52 bits per heavy atom. The molecule has 0 aliphatic heterocycles. The molecule has 0 fully saturated rings. The summed E-state index contributed by atoms with van der Waals surface area (Å²) in [6.07, 6.45) is 4.76. The van der Waals surface area contributed by atoms with Crippen molar-refractivity contribution in [3.8, 4) is 0 Å². The summed E-state index contributed by atoms with van der Waals surface area (Å²) in [5.41, 5.74) is 2.92. The summed E-state index contributed by atoms with van der Waals surface area (Å²) in [6.45, 7) is 2.22. The smallest absolute Gasteiger partial charge is 0.274 e. The first-order chi connectivity index (χ1) is 13.0. The van der Waals surface area contributed by atoms with Gasteiger partial charge in [0, 0.05) is 41.4 Å². The van der Waals surface area contributed by atoms with Crippen molar-refractivity contribution in [1.82, 2.24) is 15.3 Å². The zero-order valence-electron chi connectivity index (χ0n) is 14.6. The fraction of sp³-hybridized carbons (Fsp3) is 0.100. The maximum atomic E-state index is 12.5. The van der Waals surface area contributed by atoms with Crippen molar-refractivity contribution in [2.45, 2.75) is 13.5 Å². The van der Waals surface area contributed by atoms with E-state index in [1.54, 1.807) is 36.7 Å².